The van der Waals surface area contributed by atoms with E-state index in [0.717, 1.165) is 21.5 Å². The summed E-state index contributed by atoms with van der Waals surface area (Å²) in [6.45, 7) is 0.647. The number of methoxy groups -OCH3 is 1. The molecule has 0 aliphatic rings. The summed E-state index contributed by atoms with van der Waals surface area (Å²) in [5.41, 5.74) is 1.68. The number of hydrogen-bond acceptors (Lipinski definition) is 7. The van der Waals surface area contributed by atoms with E-state index in [2.05, 4.69) is 4.98 Å². The van der Waals surface area contributed by atoms with Crippen LogP contribution in [0.4, 0.5) is 5.13 Å². The van der Waals surface area contributed by atoms with Gasteiger partial charge >= 0.3 is 0 Å². The van der Waals surface area contributed by atoms with Crippen molar-refractivity contribution in [2.24, 2.45) is 0 Å². The van der Waals surface area contributed by atoms with Gasteiger partial charge in [-0.15, -0.1) is 11.3 Å². The van der Waals surface area contributed by atoms with Crippen LogP contribution in [0.5, 0.6) is 5.75 Å². The summed E-state index contributed by atoms with van der Waals surface area (Å²) in [6.07, 6.45) is 1.67. The van der Waals surface area contributed by atoms with Crippen LogP contribution in [0.3, 0.4) is 0 Å². The maximum atomic E-state index is 13.4. The molecule has 3 heterocycles. The fraction of sp³-hybridized carbons (Fsp3) is 0.167. The van der Waals surface area contributed by atoms with Crippen LogP contribution in [-0.4, -0.2) is 27.6 Å². The van der Waals surface area contributed by atoms with Crippen LogP contribution in [0, 0.1) is 0 Å². The predicted molar refractivity (Wildman–Crippen MR) is 132 cm³/mol. The molecular formula is C24H20N4O3S2. The van der Waals surface area contributed by atoms with Crippen LogP contribution in [0.15, 0.2) is 71.1 Å². The van der Waals surface area contributed by atoms with Crippen LogP contribution in [-0.2, 0) is 17.9 Å². The zero-order valence-corrected chi connectivity index (χ0v) is 19.4. The highest BCUT2D eigenvalue weighted by Crippen LogP contribution is 2.32. The number of carbonyl (C=O) groups excluding carboxylic acids is 1. The SMILES string of the molecule is COc1ccc2nc(N(Cc3ccccc3)C(=O)CCn3cnc4sccc4c3=O)sc2c1. The molecule has 2 aromatic carbocycles. The first-order valence-electron chi connectivity index (χ1n) is 10.3. The van der Waals surface area contributed by atoms with Crippen molar-refractivity contribution in [2.45, 2.75) is 19.5 Å². The second-order valence-corrected chi connectivity index (χ2v) is 9.33. The molecule has 3 aromatic heterocycles. The van der Waals surface area contributed by atoms with Crippen molar-refractivity contribution in [3.63, 3.8) is 0 Å². The first kappa shape index (κ1) is 21.3. The van der Waals surface area contributed by atoms with Gasteiger partial charge < -0.3 is 4.74 Å². The van der Waals surface area contributed by atoms with Gasteiger partial charge in [-0.05, 0) is 35.2 Å². The predicted octanol–water partition coefficient (Wildman–Crippen LogP) is 4.70. The standard InChI is InChI=1S/C24H20N4O3S2/c1-31-17-7-8-19-20(13-17)33-24(26-19)28(14-16-5-3-2-4-6-16)21(29)9-11-27-15-25-22-18(23(27)30)10-12-32-22/h2-8,10,12-13,15H,9,11,14H2,1H3. The molecule has 166 valence electrons. The average molecular weight is 477 g/mol. The zero-order chi connectivity index (χ0) is 22.8. The normalized spacial score (nSPS) is 11.2. The molecule has 9 heteroatoms. The first-order chi connectivity index (χ1) is 16.1. The number of aromatic nitrogens is 3. The van der Waals surface area contributed by atoms with Crippen LogP contribution >= 0.6 is 22.7 Å². The van der Waals surface area contributed by atoms with Crippen molar-refractivity contribution in [1.29, 1.82) is 0 Å². The molecule has 0 aliphatic carbocycles. The summed E-state index contributed by atoms with van der Waals surface area (Å²) in [7, 11) is 1.62. The second kappa shape index (κ2) is 9.13. The van der Waals surface area contributed by atoms with Crippen molar-refractivity contribution >= 4 is 54.1 Å². The number of hydrogen-bond donors (Lipinski definition) is 0. The highest BCUT2D eigenvalue weighted by atomic mass is 32.1. The Balaban J connectivity index is 1.43. The highest BCUT2D eigenvalue weighted by Gasteiger charge is 2.21. The number of anilines is 1. The van der Waals surface area contributed by atoms with E-state index in [1.54, 1.807) is 18.1 Å². The van der Waals surface area contributed by atoms with Gasteiger partial charge in [-0.3, -0.25) is 19.1 Å². The Morgan fingerprint density at radius 2 is 2.00 bits per heavy atom. The molecule has 0 aliphatic heterocycles. The molecule has 1 amide bonds. The summed E-state index contributed by atoms with van der Waals surface area (Å²) in [6, 6.07) is 17.2. The lowest BCUT2D eigenvalue weighted by Crippen LogP contribution is -2.32. The number of aryl methyl sites for hydroxylation is 1. The molecular weight excluding hydrogens is 456 g/mol. The van der Waals surface area contributed by atoms with Crippen LogP contribution in [0.1, 0.15) is 12.0 Å². The third-order valence-electron chi connectivity index (χ3n) is 5.32. The third kappa shape index (κ3) is 4.37. The van der Waals surface area contributed by atoms with Crippen molar-refractivity contribution in [3.05, 3.63) is 82.2 Å². The van der Waals surface area contributed by atoms with E-state index in [9.17, 15) is 9.59 Å². The lowest BCUT2D eigenvalue weighted by Gasteiger charge is -2.20. The fourth-order valence-corrected chi connectivity index (χ4v) is 5.30. The number of benzene rings is 2. The van der Waals surface area contributed by atoms with E-state index in [1.165, 1.54) is 33.6 Å². The Morgan fingerprint density at radius 1 is 1.15 bits per heavy atom. The summed E-state index contributed by atoms with van der Waals surface area (Å²) < 4.78 is 7.76. The molecule has 0 fully saturated rings. The fourth-order valence-electron chi connectivity index (χ4n) is 3.57. The Morgan fingerprint density at radius 3 is 2.82 bits per heavy atom. The van der Waals surface area contributed by atoms with Gasteiger partial charge in [0.15, 0.2) is 5.13 Å². The molecule has 0 unspecified atom stereocenters. The van der Waals surface area contributed by atoms with Gasteiger partial charge in [0.05, 0.1) is 35.6 Å². The third-order valence-corrected chi connectivity index (χ3v) is 7.18. The smallest absolute Gasteiger partial charge is 0.262 e. The summed E-state index contributed by atoms with van der Waals surface area (Å²) in [5, 5.41) is 3.04. The monoisotopic (exact) mass is 476 g/mol. The first-order valence-corrected chi connectivity index (χ1v) is 12.0. The van der Waals surface area contributed by atoms with E-state index in [4.69, 9.17) is 9.72 Å². The molecule has 0 radical (unpaired) electrons. The quantitative estimate of drug-likeness (QED) is 0.340. The Hall–Kier alpha value is -3.56. The number of fused-ring (bicyclic) bond motifs is 2. The van der Waals surface area contributed by atoms with Gasteiger partial charge in [0.1, 0.15) is 10.6 Å². The van der Waals surface area contributed by atoms with Crippen molar-refractivity contribution < 1.29 is 9.53 Å². The van der Waals surface area contributed by atoms with E-state index < -0.39 is 0 Å². The Bertz CT molecular complexity index is 1490. The molecule has 0 bridgehead atoms. The van der Waals surface area contributed by atoms with Gasteiger partial charge in [0, 0.05) is 13.0 Å². The van der Waals surface area contributed by atoms with E-state index in [1.807, 2.05) is 53.9 Å². The van der Waals surface area contributed by atoms with Crippen molar-refractivity contribution in [3.8, 4) is 5.75 Å². The molecule has 0 spiro atoms. The number of nitrogens with zero attached hydrogens (tertiary/aromatic N) is 4. The van der Waals surface area contributed by atoms with E-state index in [-0.39, 0.29) is 24.4 Å². The number of thiazole rings is 1. The number of amides is 1. The number of rotatable bonds is 7. The second-order valence-electron chi connectivity index (χ2n) is 7.43. The maximum Gasteiger partial charge on any atom is 0.262 e. The lowest BCUT2D eigenvalue weighted by atomic mass is 10.2. The van der Waals surface area contributed by atoms with Crippen molar-refractivity contribution in [2.75, 3.05) is 12.0 Å². The zero-order valence-electron chi connectivity index (χ0n) is 17.8. The molecule has 0 saturated heterocycles. The van der Waals surface area contributed by atoms with Gasteiger partial charge in [0.2, 0.25) is 5.91 Å². The minimum Gasteiger partial charge on any atom is -0.497 e. The summed E-state index contributed by atoms with van der Waals surface area (Å²) in [5.74, 6) is 0.636. The van der Waals surface area contributed by atoms with Gasteiger partial charge in [0.25, 0.3) is 5.56 Å². The van der Waals surface area contributed by atoms with E-state index >= 15 is 0 Å². The van der Waals surface area contributed by atoms with E-state index in [0.29, 0.717) is 21.9 Å². The van der Waals surface area contributed by atoms with Gasteiger partial charge in [-0.2, -0.15) is 0 Å². The molecule has 0 atom stereocenters. The van der Waals surface area contributed by atoms with Crippen LogP contribution < -0.4 is 15.2 Å². The highest BCUT2D eigenvalue weighted by molar-refractivity contribution is 7.22. The molecule has 5 rings (SSSR count). The molecule has 7 nitrogen and oxygen atoms in total. The molecule has 0 N–H and O–H groups in total. The summed E-state index contributed by atoms with van der Waals surface area (Å²) >= 11 is 2.87. The Labute approximate surface area is 197 Å². The minimum atomic E-state index is -0.129. The number of carbonyl (C=O) groups is 1. The van der Waals surface area contributed by atoms with Crippen molar-refractivity contribution in [1.82, 2.24) is 14.5 Å². The van der Waals surface area contributed by atoms with Crippen LogP contribution in [0.25, 0.3) is 20.4 Å². The molecule has 33 heavy (non-hydrogen) atoms. The Kier molecular flexibility index (Phi) is 5.89. The molecule has 5 aromatic rings. The topological polar surface area (TPSA) is 77.3 Å². The minimum absolute atomic E-state index is 0.109. The summed E-state index contributed by atoms with van der Waals surface area (Å²) in [4.78, 5) is 37.5. The maximum absolute atomic E-state index is 13.4. The van der Waals surface area contributed by atoms with Crippen LogP contribution in [0.2, 0.25) is 0 Å². The van der Waals surface area contributed by atoms with Gasteiger partial charge in [-0.1, -0.05) is 41.7 Å². The largest absolute Gasteiger partial charge is 0.497 e. The number of thiophene rings is 1. The lowest BCUT2D eigenvalue weighted by molar-refractivity contribution is -0.119. The number of ether oxygens (including phenoxy) is 1. The molecule has 0 saturated carbocycles. The average Bonchev–Trinajstić information content (AvgIpc) is 3.49. The van der Waals surface area contributed by atoms with Gasteiger partial charge in [-0.25, -0.2) is 9.97 Å².